The van der Waals surface area contributed by atoms with E-state index in [0.29, 0.717) is 11.5 Å². The maximum atomic E-state index is 5.95. The lowest BCUT2D eigenvalue weighted by atomic mass is 9.66. The number of rotatable bonds is 5. The number of hydrogen-bond donors (Lipinski definition) is 0. The summed E-state index contributed by atoms with van der Waals surface area (Å²) in [5.74, 6) is 0. The third-order valence-corrected chi connectivity index (χ3v) is 5.87. The fourth-order valence-corrected chi connectivity index (χ4v) is 4.53. The molecule has 1 saturated carbocycles. The van der Waals surface area contributed by atoms with Gasteiger partial charge in [-0.1, -0.05) is 28.9 Å². The molecule has 1 unspecified atom stereocenters. The predicted octanol–water partition coefficient (Wildman–Crippen LogP) is 3.72. The number of oxime groups is 1. The van der Waals surface area contributed by atoms with E-state index in [1.807, 2.05) is 24.3 Å². The van der Waals surface area contributed by atoms with Crippen LogP contribution < -0.4 is 0 Å². The van der Waals surface area contributed by atoms with E-state index in [-0.39, 0.29) is 6.10 Å². The first-order valence-electron chi connectivity index (χ1n) is 8.98. The third-order valence-electron chi connectivity index (χ3n) is 5.61. The normalized spacial score (nSPS) is 32.7. The van der Waals surface area contributed by atoms with Crippen LogP contribution in [0.3, 0.4) is 0 Å². The summed E-state index contributed by atoms with van der Waals surface area (Å²) in [5, 5.41) is 5.05. The molecule has 0 amide bonds. The Morgan fingerprint density at radius 3 is 2.88 bits per heavy atom. The second-order valence-corrected chi connectivity index (χ2v) is 7.88. The van der Waals surface area contributed by atoms with Crippen LogP contribution in [-0.4, -0.2) is 49.1 Å². The number of hydrogen-bond acceptors (Lipinski definition) is 4. The van der Waals surface area contributed by atoms with Gasteiger partial charge >= 0.3 is 0 Å². The predicted molar refractivity (Wildman–Crippen MR) is 95.6 cm³/mol. The SMILES string of the molecule is CCOC1CC2(CCN(CC3CC(c4ccc(Cl)cc4)=NO3)C2)C1. The zero-order chi connectivity index (χ0) is 16.6. The van der Waals surface area contributed by atoms with Gasteiger partial charge in [0.15, 0.2) is 0 Å². The first-order valence-corrected chi connectivity index (χ1v) is 9.36. The Morgan fingerprint density at radius 2 is 2.12 bits per heavy atom. The van der Waals surface area contributed by atoms with Crippen LogP contribution >= 0.6 is 11.6 Å². The molecule has 1 aliphatic carbocycles. The standard InChI is InChI=1S/C19H25ClN2O2/c1-2-23-17-10-19(11-17)7-8-22(13-19)12-16-9-18(21-24-16)14-3-5-15(20)6-4-14/h3-6,16-17H,2,7-13H2,1H3. The zero-order valence-corrected chi connectivity index (χ0v) is 15.0. The Balaban J connectivity index is 1.26. The topological polar surface area (TPSA) is 34.1 Å². The Labute approximate surface area is 148 Å². The van der Waals surface area contributed by atoms with Gasteiger partial charge in [-0.3, -0.25) is 4.90 Å². The Kier molecular flexibility index (Phi) is 4.54. The Morgan fingerprint density at radius 1 is 1.33 bits per heavy atom. The zero-order valence-electron chi connectivity index (χ0n) is 14.2. The van der Waals surface area contributed by atoms with Gasteiger partial charge in [0.25, 0.3) is 0 Å². The lowest BCUT2D eigenvalue weighted by molar-refractivity contribution is -0.0727. The molecule has 0 aromatic heterocycles. The highest BCUT2D eigenvalue weighted by Crippen LogP contribution is 2.49. The van der Waals surface area contributed by atoms with Crippen molar-refractivity contribution in [2.45, 2.75) is 44.8 Å². The van der Waals surface area contributed by atoms with Gasteiger partial charge in [0.1, 0.15) is 6.10 Å². The summed E-state index contributed by atoms with van der Waals surface area (Å²) < 4.78 is 5.73. The third kappa shape index (κ3) is 3.32. The van der Waals surface area contributed by atoms with Crippen LogP contribution in [0, 0.1) is 5.41 Å². The van der Waals surface area contributed by atoms with Gasteiger partial charge in [0.2, 0.25) is 0 Å². The van der Waals surface area contributed by atoms with E-state index in [1.54, 1.807) is 0 Å². The monoisotopic (exact) mass is 348 g/mol. The van der Waals surface area contributed by atoms with Crippen molar-refractivity contribution in [3.63, 3.8) is 0 Å². The van der Waals surface area contributed by atoms with Crippen molar-refractivity contribution in [3.05, 3.63) is 34.9 Å². The molecular formula is C19H25ClN2O2. The van der Waals surface area contributed by atoms with Gasteiger partial charge in [-0.2, -0.15) is 0 Å². The summed E-state index contributed by atoms with van der Waals surface area (Å²) in [6.45, 7) is 6.26. The van der Waals surface area contributed by atoms with Gasteiger partial charge < -0.3 is 9.57 Å². The molecule has 1 aromatic rings. The quantitative estimate of drug-likeness (QED) is 0.813. The summed E-state index contributed by atoms with van der Waals surface area (Å²) in [5.41, 5.74) is 2.65. The molecule has 3 aliphatic rings. The minimum absolute atomic E-state index is 0.175. The summed E-state index contributed by atoms with van der Waals surface area (Å²) >= 11 is 5.95. The van der Waals surface area contributed by atoms with Crippen LogP contribution in [-0.2, 0) is 9.57 Å². The van der Waals surface area contributed by atoms with Crippen molar-refractivity contribution in [1.82, 2.24) is 4.90 Å². The smallest absolute Gasteiger partial charge is 0.145 e. The summed E-state index contributed by atoms with van der Waals surface area (Å²) in [6.07, 6.45) is 5.32. The lowest BCUT2D eigenvalue weighted by Crippen LogP contribution is -2.45. The van der Waals surface area contributed by atoms with Gasteiger partial charge in [0.05, 0.1) is 11.8 Å². The van der Waals surface area contributed by atoms with Crippen LogP contribution in [0.4, 0.5) is 0 Å². The number of benzene rings is 1. The molecule has 4 rings (SSSR count). The molecule has 2 aliphatic heterocycles. The molecule has 5 heteroatoms. The maximum absolute atomic E-state index is 5.95. The van der Waals surface area contributed by atoms with E-state index in [0.717, 1.165) is 35.9 Å². The molecule has 130 valence electrons. The van der Waals surface area contributed by atoms with Gasteiger partial charge in [-0.05, 0) is 55.8 Å². The summed E-state index contributed by atoms with van der Waals surface area (Å²) in [7, 11) is 0. The number of likely N-dealkylation sites (tertiary alicyclic amines) is 1. The maximum Gasteiger partial charge on any atom is 0.145 e. The molecule has 2 fully saturated rings. The van der Waals surface area contributed by atoms with Crippen LogP contribution in [0.25, 0.3) is 0 Å². The largest absolute Gasteiger partial charge is 0.390 e. The van der Waals surface area contributed by atoms with Gasteiger partial charge in [0, 0.05) is 31.1 Å². The average Bonchev–Trinajstić information content (AvgIpc) is 3.16. The van der Waals surface area contributed by atoms with Crippen LogP contribution in [0.2, 0.25) is 5.02 Å². The summed E-state index contributed by atoms with van der Waals surface area (Å²) in [6, 6.07) is 7.84. The molecule has 0 N–H and O–H groups in total. The van der Waals surface area contributed by atoms with E-state index in [9.17, 15) is 0 Å². The van der Waals surface area contributed by atoms with E-state index >= 15 is 0 Å². The van der Waals surface area contributed by atoms with Crippen LogP contribution in [0.5, 0.6) is 0 Å². The minimum atomic E-state index is 0.175. The highest BCUT2D eigenvalue weighted by molar-refractivity contribution is 6.30. The highest BCUT2D eigenvalue weighted by Gasteiger charge is 2.49. The minimum Gasteiger partial charge on any atom is -0.390 e. The second kappa shape index (κ2) is 6.66. The first kappa shape index (κ1) is 16.4. The van der Waals surface area contributed by atoms with Crippen molar-refractivity contribution in [2.75, 3.05) is 26.2 Å². The number of halogens is 1. The molecule has 2 heterocycles. The van der Waals surface area contributed by atoms with Crippen LogP contribution in [0.15, 0.2) is 29.4 Å². The highest BCUT2D eigenvalue weighted by atomic mass is 35.5. The van der Waals surface area contributed by atoms with Crippen LogP contribution in [0.1, 0.15) is 38.2 Å². The van der Waals surface area contributed by atoms with E-state index in [1.165, 1.54) is 32.4 Å². The molecule has 1 atom stereocenters. The van der Waals surface area contributed by atoms with Crippen molar-refractivity contribution in [3.8, 4) is 0 Å². The van der Waals surface area contributed by atoms with E-state index < -0.39 is 0 Å². The van der Waals surface area contributed by atoms with Crippen molar-refractivity contribution in [2.24, 2.45) is 10.6 Å². The van der Waals surface area contributed by atoms with Gasteiger partial charge in [-0.25, -0.2) is 0 Å². The van der Waals surface area contributed by atoms with Gasteiger partial charge in [-0.15, -0.1) is 0 Å². The van der Waals surface area contributed by atoms with E-state index in [2.05, 4.69) is 17.0 Å². The Bertz CT molecular complexity index is 610. The van der Waals surface area contributed by atoms with Crippen molar-refractivity contribution in [1.29, 1.82) is 0 Å². The fourth-order valence-electron chi connectivity index (χ4n) is 4.40. The summed E-state index contributed by atoms with van der Waals surface area (Å²) in [4.78, 5) is 8.23. The fraction of sp³-hybridized carbons (Fsp3) is 0.632. The molecule has 1 aromatic carbocycles. The van der Waals surface area contributed by atoms with Crippen molar-refractivity contribution < 1.29 is 9.57 Å². The molecule has 0 bridgehead atoms. The molecule has 1 spiro atoms. The molecular weight excluding hydrogens is 324 g/mol. The lowest BCUT2D eigenvalue weighted by Gasteiger charge is -2.45. The number of nitrogens with zero attached hydrogens (tertiary/aromatic N) is 2. The molecule has 1 saturated heterocycles. The van der Waals surface area contributed by atoms with E-state index in [4.69, 9.17) is 21.2 Å². The van der Waals surface area contributed by atoms with Crippen molar-refractivity contribution >= 4 is 17.3 Å². The second-order valence-electron chi connectivity index (χ2n) is 7.45. The number of ether oxygens (including phenoxy) is 1. The molecule has 24 heavy (non-hydrogen) atoms. The molecule has 0 radical (unpaired) electrons. The molecule has 4 nitrogen and oxygen atoms in total. The Hall–Kier alpha value is -1.10. The first-order chi connectivity index (χ1) is 11.7. The average molecular weight is 349 g/mol.